The van der Waals surface area contributed by atoms with Crippen molar-refractivity contribution >= 4 is 93.9 Å². The Morgan fingerprint density at radius 2 is 1.20 bits per heavy atom. The van der Waals surface area contributed by atoms with Gasteiger partial charge in [-0.25, -0.2) is 21.6 Å². The van der Waals surface area contributed by atoms with E-state index in [9.17, 15) is 36.3 Å². The number of benzene rings is 6. The summed E-state index contributed by atoms with van der Waals surface area (Å²) in [5.74, 6) is -0.737. The topological polar surface area (TPSA) is 182 Å². The van der Waals surface area contributed by atoms with Crippen molar-refractivity contribution in [2.45, 2.75) is 16.7 Å². The lowest BCUT2D eigenvalue weighted by Gasteiger charge is -2.18. The van der Waals surface area contributed by atoms with Crippen LogP contribution in [0.5, 0.6) is 0 Å². The van der Waals surface area contributed by atoms with Gasteiger partial charge in [0.2, 0.25) is 0 Å². The van der Waals surface area contributed by atoms with Crippen LogP contribution in [0, 0.1) is 0 Å². The standard InChI is InChI=1S/C22H20ClN3O5S.C20H17BrN2O3S/c1-2-26(22(28)29)19-7-3-5-15(13-19)21(27)24-18-6-4-8-20(14-18)32(30,31)25-17-11-9-16(23)10-12-17;1-23(18-8-3-2-4-9-18)20(24)15-6-5-7-17(14-15)22-27(25,26)19-12-10-16(21)11-13-19/h3-14,25H,2H2,1H3,(H,24,27)(H,28,29);2-14,22H,1H3. The van der Waals surface area contributed by atoms with Crippen molar-refractivity contribution in [3.05, 3.63) is 172 Å². The van der Waals surface area contributed by atoms with Crippen LogP contribution in [0.15, 0.2) is 166 Å². The SMILES string of the molecule is CCN(C(=O)O)c1cccc(C(=O)Nc2cccc(S(=O)(=O)Nc3ccc(Cl)cc3)c2)c1.CN(C(=O)c1cccc(NS(=O)(=O)c2ccc(Br)cc2)c1)c1ccccc1. The first kappa shape index (κ1) is 43.9. The fraction of sp³-hybridized carbons (Fsp3) is 0.0714. The van der Waals surface area contributed by atoms with Gasteiger partial charge in [0.15, 0.2) is 0 Å². The second kappa shape index (κ2) is 19.5. The average molecular weight is 919 g/mol. The van der Waals surface area contributed by atoms with Crippen LogP contribution in [0.4, 0.5) is 33.2 Å². The van der Waals surface area contributed by atoms with Crippen LogP contribution in [0.2, 0.25) is 5.02 Å². The van der Waals surface area contributed by atoms with Crippen LogP contribution in [-0.2, 0) is 20.0 Å². The summed E-state index contributed by atoms with van der Waals surface area (Å²) in [6.45, 7) is 1.91. The molecule has 4 N–H and O–H groups in total. The molecule has 0 saturated carbocycles. The maximum Gasteiger partial charge on any atom is 0.411 e. The maximum atomic E-state index is 12.7. The lowest BCUT2D eigenvalue weighted by atomic mass is 10.1. The Labute approximate surface area is 355 Å². The number of nitrogens with one attached hydrogen (secondary N) is 3. The molecule has 3 amide bonds. The van der Waals surface area contributed by atoms with Crippen molar-refractivity contribution in [3.63, 3.8) is 0 Å². The molecule has 0 radical (unpaired) electrons. The molecule has 17 heteroatoms. The minimum absolute atomic E-state index is 0.0398. The van der Waals surface area contributed by atoms with Crippen LogP contribution >= 0.6 is 27.5 Å². The number of rotatable bonds is 12. The quantitative estimate of drug-likeness (QED) is 0.0937. The lowest BCUT2D eigenvalue weighted by molar-refractivity contribution is 0.0991. The van der Waals surface area contributed by atoms with E-state index in [0.717, 1.165) is 15.1 Å². The van der Waals surface area contributed by atoms with E-state index >= 15 is 0 Å². The second-order valence-electron chi connectivity index (χ2n) is 12.5. The Morgan fingerprint density at radius 1 is 0.627 bits per heavy atom. The van der Waals surface area contributed by atoms with Gasteiger partial charge >= 0.3 is 6.09 Å². The summed E-state index contributed by atoms with van der Waals surface area (Å²) in [6, 6.07) is 40.1. The number of sulfonamides is 2. The summed E-state index contributed by atoms with van der Waals surface area (Å²) in [5, 5.41) is 12.4. The van der Waals surface area contributed by atoms with E-state index in [4.69, 9.17) is 11.6 Å². The van der Waals surface area contributed by atoms with Crippen molar-refractivity contribution in [1.82, 2.24) is 0 Å². The number of carboxylic acid groups (broad SMARTS) is 1. The Bertz CT molecular complexity index is 2670. The van der Waals surface area contributed by atoms with Crippen molar-refractivity contribution < 1.29 is 36.3 Å². The van der Waals surface area contributed by atoms with Gasteiger partial charge in [-0.1, -0.05) is 63.9 Å². The van der Waals surface area contributed by atoms with Crippen LogP contribution in [0.25, 0.3) is 0 Å². The van der Waals surface area contributed by atoms with E-state index in [1.54, 1.807) is 74.6 Å². The van der Waals surface area contributed by atoms with E-state index in [2.05, 4.69) is 30.7 Å². The number of carbonyl (C=O) groups excluding carboxylic acids is 2. The zero-order valence-corrected chi connectivity index (χ0v) is 35.4. The predicted octanol–water partition coefficient (Wildman–Crippen LogP) is 9.42. The first-order valence-electron chi connectivity index (χ1n) is 17.6. The van der Waals surface area contributed by atoms with Crippen LogP contribution < -0.4 is 24.6 Å². The first-order valence-corrected chi connectivity index (χ1v) is 21.7. The Kier molecular flexibility index (Phi) is 14.5. The predicted molar refractivity (Wildman–Crippen MR) is 235 cm³/mol. The van der Waals surface area contributed by atoms with Gasteiger partial charge in [0.25, 0.3) is 31.9 Å². The third-order valence-electron chi connectivity index (χ3n) is 8.40. The number of halogens is 2. The molecular formula is C42H37BrClN5O8S2. The van der Waals surface area contributed by atoms with Crippen molar-refractivity contribution in [1.29, 1.82) is 0 Å². The van der Waals surface area contributed by atoms with Gasteiger partial charge in [-0.15, -0.1) is 0 Å². The Morgan fingerprint density at radius 3 is 1.86 bits per heavy atom. The highest BCUT2D eigenvalue weighted by Gasteiger charge is 2.19. The highest BCUT2D eigenvalue weighted by Crippen LogP contribution is 2.24. The van der Waals surface area contributed by atoms with Gasteiger partial charge in [-0.05, 0) is 122 Å². The molecule has 0 aliphatic carbocycles. The number of para-hydroxylation sites is 1. The van der Waals surface area contributed by atoms with E-state index in [1.807, 2.05) is 30.3 Å². The van der Waals surface area contributed by atoms with Crippen molar-refractivity contribution in [2.75, 3.05) is 38.2 Å². The largest absolute Gasteiger partial charge is 0.465 e. The van der Waals surface area contributed by atoms with Crippen LogP contribution in [0.1, 0.15) is 27.6 Å². The zero-order chi connectivity index (χ0) is 42.7. The van der Waals surface area contributed by atoms with Crippen LogP contribution in [0.3, 0.4) is 0 Å². The minimum atomic E-state index is -3.90. The molecule has 59 heavy (non-hydrogen) atoms. The maximum absolute atomic E-state index is 12.7. The number of nitrogens with zero attached hydrogens (tertiary/aromatic N) is 2. The summed E-state index contributed by atoms with van der Waals surface area (Å²) < 4.78 is 56.2. The molecule has 0 spiro atoms. The normalized spacial score (nSPS) is 11.0. The summed E-state index contributed by atoms with van der Waals surface area (Å²) >= 11 is 9.10. The second-order valence-corrected chi connectivity index (χ2v) is 17.2. The molecule has 0 saturated heterocycles. The van der Waals surface area contributed by atoms with Gasteiger partial charge < -0.3 is 15.3 Å². The number of anilines is 5. The number of amides is 3. The molecule has 0 aliphatic rings. The number of hydrogen-bond donors (Lipinski definition) is 4. The summed E-state index contributed by atoms with van der Waals surface area (Å²) in [5.41, 5.74) is 2.67. The molecule has 0 fully saturated rings. The smallest absolute Gasteiger partial charge is 0.411 e. The fourth-order valence-electron chi connectivity index (χ4n) is 5.43. The van der Waals surface area contributed by atoms with E-state index in [-0.39, 0.29) is 33.5 Å². The Hall–Kier alpha value is -6.20. The molecule has 0 bridgehead atoms. The Balaban J connectivity index is 0.000000227. The molecule has 6 aromatic carbocycles. The first-order chi connectivity index (χ1) is 28.1. The van der Waals surface area contributed by atoms with E-state index < -0.39 is 32.0 Å². The molecule has 0 aliphatic heterocycles. The lowest BCUT2D eigenvalue weighted by Crippen LogP contribution is -2.28. The molecule has 0 atom stereocenters. The van der Waals surface area contributed by atoms with E-state index in [1.165, 1.54) is 65.6 Å². The summed E-state index contributed by atoms with van der Waals surface area (Å²) in [7, 11) is -5.96. The highest BCUT2D eigenvalue weighted by molar-refractivity contribution is 9.10. The molecule has 6 rings (SSSR count). The van der Waals surface area contributed by atoms with Gasteiger partial charge in [0.05, 0.1) is 9.79 Å². The van der Waals surface area contributed by atoms with Gasteiger partial charge in [-0.3, -0.25) is 23.9 Å². The molecule has 6 aromatic rings. The molecule has 0 heterocycles. The average Bonchev–Trinajstić information content (AvgIpc) is 3.22. The van der Waals surface area contributed by atoms with Crippen LogP contribution in [-0.4, -0.2) is 53.4 Å². The van der Waals surface area contributed by atoms with Gasteiger partial charge in [0, 0.05) is 62.7 Å². The van der Waals surface area contributed by atoms with Gasteiger partial charge in [0.1, 0.15) is 0 Å². The van der Waals surface area contributed by atoms with Gasteiger partial charge in [-0.2, -0.15) is 0 Å². The summed E-state index contributed by atoms with van der Waals surface area (Å²) in [6.07, 6.45) is -1.13. The van der Waals surface area contributed by atoms with Crippen molar-refractivity contribution in [3.8, 4) is 0 Å². The molecular weight excluding hydrogens is 882 g/mol. The third-order valence-corrected chi connectivity index (χ3v) is 12.0. The molecule has 0 unspecified atom stereocenters. The third kappa shape index (κ3) is 11.9. The summed E-state index contributed by atoms with van der Waals surface area (Å²) in [4.78, 5) is 39.5. The molecule has 13 nitrogen and oxygen atoms in total. The van der Waals surface area contributed by atoms with Crippen molar-refractivity contribution in [2.24, 2.45) is 0 Å². The molecule has 0 aromatic heterocycles. The zero-order valence-electron chi connectivity index (χ0n) is 31.4. The molecule has 304 valence electrons. The fourth-order valence-corrected chi connectivity index (χ4v) is 7.97. The number of hydrogen-bond acceptors (Lipinski definition) is 7. The minimum Gasteiger partial charge on any atom is -0.465 e. The number of carbonyl (C=O) groups is 3. The monoisotopic (exact) mass is 917 g/mol. The van der Waals surface area contributed by atoms with E-state index in [0.29, 0.717) is 27.6 Å². The highest BCUT2D eigenvalue weighted by atomic mass is 79.9.